The van der Waals surface area contributed by atoms with Gasteiger partial charge in [0.05, 0.1) is 5.02 Å². The SMILES string of the molecule is CCC(NC(=O)c1ccc(I)c(Cl)c1)C1CCCCC1. The summed E-state index contributed by atoms with van der Waals surface area (Å²) in [6.45, 7) is 2.15. The second-order valence-corrected chi connectivity index (χ2v) is 7.08. The summed E-state index contributed by atoms with van der Waals surface area (Å²) < 4.78 is 0.972. The summed E-state index contributed by atoms with van der Waals surface area (Å²) >= 11 is 8.26. The molecule has 0 radical (unpaired) electrons. The third kappa shape index (κ3) is 4.10. The van der Waals surface area contributed by atoms with Gasteiger partial charge in [0.2, 0.25) is 0 Å². The van der Waals surface area contributed by atoms with Crippen LogP contribution in [0.4, 0.5) is 0 Å². The average molecular weight is 406 g/mol. The van der Waals surface area contributed by atoms with Gasteiger partial charge in [0.15, 0.2) is 0 Å². The molecular formula is C16H21ClINO. The molecule has 2 rings (SSSR count). The van der Waals surface area contributed by atoms with Crippen molar-refractivity contribution in [3.05, 3.63) is 32.4 Å². The molecule has 1 amide bonds. The summed E-state index contributed by atoms with van der Waals surface area (Å²) in [4.78, 5) is 12.3. The minimum Gasteiger partial charge on any atom is -0.349 e. The van der Waals surface area contributed by atoms with Gasteiger partial charge >= 0.3 is 0 Å². The van der Waals surface area contributed by atoms with E-state index in [4.69, 9.17) is 11.6 Å². The molecule has 1 fully saturated rings. The lowest BCUT2D eigenvalue weighted by Crippen LogP contribution is -2.40. The first-order valence-corrected chi connectivity index (χ1v) is 8.83. The van der Waals surface area contributed by atoms with Crippen molar-refractivity contribution >= 4 is 40.1 Å². The molecule has 0 saturated heterocycles. The lowest BCUT2D eigenvalue weighted by Gasteiger charge is -2.30. The predicted molar refractivity (Wildman–Crippen MR) is 92.3 cm³/mol. The van der Waals surface area contributed by atoms with E-state index in [1.165, 1.54) is 32.1 Å². The van der Waals surface area contributed by atoms with Crippen LogP contribution in [0.5, 0.6) is 0 Å². The van der Waals surface area contributed by atoms with Crippen LogP contribution in [0.25, 0.3) is 0 Å². The molecule has 1 atom stereocenters. The van der Waals surface area contributed by atoms with E-state index in [0.717, 1.165) is 9.99 Å². The molecule has 20 heavy (non-hydrogen) atoms. The third-order valence-electron chi connectivity index (χ3n) is 4.16. The number of amides is 1. The summed E-state index contributed by atoms with van der Waals surface area (Å²) in [5, 5.41) is 3.84. The third-order valence-corrected chi connectivity index (χ3v) is 5.73. The Morgan fingerprint density at radius 2 is 2.10 bits per heavy atom. The maximum absolute atomic E-state index is 12.3. The Kier molecular flexibility index (Phi) is 6.15. The predicted octanol–water partition coefficient (Wildman–Crippen LogP) is 5.03. The smallest absolute Gasteiger partial charge is 0.251 e. The van der Waals surface area contributed by atoms with Gasteiger partial charge in [-0.15, -0.1) is 0 Å². The second-order valence-electron chi connectivity index (χ2n) is 5.52. The monoisotopic (exact) mass is 405 g/mol. The molecular weight excluding hydrogens is 385 g/mol. The minimum absolute atomic E-state index is 0.000670. The van der Waals surface area contributed by atoms with Crippen LogP contribution in [0.1, 0.15) is 55.8 Å². The van der Waals surface area contributed by atoms with E-state index in [1.54, 1.807) is 6.07 Å². The van der Waals surface area contributed by atoms with Gasteiger partial charge in [-0.05, 0) is 66.0 Å². The highest BCUT2D eigenvalue weighted by Crippen LogP contribution is 2.28. The number of carbonyl (C=O) groups excluding carboxylic acids is 1. The van der Waals surface area contributed by atoms with Crippen LogP contribution in [0, 0.1) is 9.49 Å². The zero-order valence-corrected chi connectivity index (χ0v) is 14.7. The van der Waals surface area contributed by atoms with Crippen LogP contribution in [0.3, 0.4) is 0 Å². The Labute approximate surface area is 139 Å². The molecule has 2 nitrogen and oxygen atoms in total. The van der Waals surface area contributed by atoms with Crippen LogP contribution < -0.4 is 5.32 Å². The lowest BCUT2D eigenvalue weighted by molar-refractivity contribution is 0.0911. The van der Waals surface area contributed by atoms with E-state index in [-0.39, 0.29) is 5.91 Å². The number of halogens is 2. The van der Waals surface area contributed by atoms with E-state index < -0.39 is 0 Å². The fourth-order valence-corrected chi connectivity index (χ4v) is 3.49. The molecule has 4 heteroatoms. The molecule has 1 aromatic carbocycles. The Bertz CT molecular complexity index is 472. The van der Waals surface area contributed by atoms with Crippen LogP contribution in [-0.2, 0) is 0 Å². The van der Waals surface area contributed by atoms with E-state index >= 15 is 0 Å². The number of hydrogen-bond donors (Lipinski definition) is 1. The summed E-state index contributed by atoms with van der Waals surface area (Å²) in [5.74, 6) is 0.637. The van der Waals surface area contributed by atoms with Crippen molar-refractivity contribution in [2.24, 2.45) is 5.92 Å². The normalized spacial score (nSPS) is 17.8. The topological polar surface area (TPSA) is 29.1 Å². The molecule has 0 bridgehead atoms. The molecule has 0 aliphatic heterocycles. The van der Waals surface area contributed by atoms with Gasteiger partial charge in [-0.2, -0.15) is 0 Å². The lowest BCUT2D eigenvalue weighted by atomic mass is 9.83. The summed E-state index contributed by atoms with van der Waals surface area (Å²) in [6.07, 6.45) is 7.42. The van der Waals surface area contributed by atoms with Gasteiger partial charge in [-0.25, -0.2) is 0 Å². The minimum atomic E-state index is 0.000670. The Morgan fingerprint density at radius 1 is 1.40 bits per heavy atom. The number of rotatable bonds is 4. The quantitative estimate of drug-likeness (QED) is 0.699. The van der Waals surface area contributed by atoms with Gasteiger partial charge in [0.1, 0.15) is 0 Å². The van der Waals surface area contributed by atoms with Crippen LogP contribution in [0.15, 0.2) is 18.2 Å². The second kappa shape index (κ2) is 7.64. The molecule has 1 aromatic rings. The fraction of sp³-hybridized carbons (Fsp3) is 0.562. The van der Waals surface area contributed by atoms with Gasteiger partial charge in [-0.3, -0.25) is 4.79 Å². The van der Waals surface area contributed by atoms with E-state index in [1.807, 2.05) is 12.1 Å². The van der Waals surface area contributed by atoms with E-state index in [2.05, 4.69) is 34.8 Å². The van der Waals surface area contributed by atoms with Crippen molar-refractivity contribution in [1.29, 1.82) is 0 Å². The number of nitrogens with one attached hydrogen (secondary N) is 1. The number of hydrogen-bond acceptors (Lipinski definition) is 1. The van der Waals surface area contributed by atoms with Crippen LogP contribution >= 0.6 is 34.2 Å². The maximum atomic E-state index is 12.3. The van der Waals surface area contributed by atoms with Crippen molar-refractivity contribution in [3.63, 3.8) is 0 Å². The van der Waals surface area contributed by atoms with Gasteiger partial charge in [-0.1, -0.05) is 37.8 Å². The maximum Gasteiger partial charge on any atom is 0.251 e. The highest BCUT2D eigenvalue weighted by atomic mass is 127. The largest absolute Gasteiger partial charge is 0.349 e. The first-order valence-electron chi connectivity index (χ1n) is 7.37. The molecule has 0 aromatic heterocycles. The number of carbonyl (C=O) groups is 1. The zero-order chi connectivity index (χ0) is 14.5. The van der Waals surface area contributed by atoms with Crippen molar-refractivity contribution in [2.75, 3.05) is 0 Å². The van der Waals surface area contributed by atoms with Crippen molar-refractivity contribution < 1.29 is 4.79 Å². The molecule has 0 spiro atoms. The van der Waals surface area contributed by atoms with Gasteiger partial charge in [0, 0.05) is 15.2 Å². The molecule has 1 unspecified atom stereocenters. The summed E-state index contributed by atoms with van der Waals surface area (Å²) in [7, 11) is 0. The van der Waals surface area contributed by atoms with Gasteiger partial charge < -0.3 is 5.32 Å². The molecule has 110 valence electrons. The van der Waals surface area contributed by atoms with Crippen LogP contribution in [-0.4, -0.2) is 11.9 Å². The Morgan fingerprint density at radius 3 is 2.70 bits per heavy atom. The highest BCUT2D eigenvalue weighted by Gasteiger charge is 2.24. The first kappa shape index (κ1) is 16.1. The summed E-state index contributed by atoms with van der Waals surface area (Å²) in [6, 6.07) is 5.78. The highest BCUT2D eigenvalue weighted by molar-refractivity contribution is 14.1. The Hall–Kier alpha value is -0.290. The Balaban J connectivity index is 2.02. The summed E-state index contributed by atoms with van der Waals surface area (Å²) in [5.41, 5.74) is 0.657. The van der Waals surface area contributed by atoms with Crippen molar-refractivity contribution in [2.45, 2.75) is 51.5 Å². The molecule has 0 heterocycles. The average Bonchev–Trinajstić information content (AvgIpc) is 2.48. The van der Waals surface area contributed by atoms with E-state index in [9.17, 15) is 4.79 Å². The van der Waals surface area contributed by atoms with E-state index in [0.29, 0.717) is 22.5 Å². The van der Waals surface area contributed by atoms with Crippen LogP contribution in [0.2, 0.25) is 5.02 Å². The molecule has 1 saturated carbocycles. The van der Waals surface area contributed by atoms with Crippen molar-refractivity contribution in [1.82, 2.24) is 5.32 Å². The standard InChI is InChI=1S/C16H21ClINO/c1-2-15(11-6-4-3-5-7-11)19-16(20)12-8-9-14(18)13(17)10-12/h8-11,15H,2-7H2,1H3,(H,19,20). The molecule has 1 aliphatic carbocycles. The zero-order valence-electron chi connectivity index (χ0n) is 11.8. The number of benzene rings is 1. The van der Waals surface area contributed by atoms with Crippen molar-refractivity contribution in [3.8, 4) is 0 Å². The fourth-order valence-electron chi connectivity index (χ4n) is 2.98. The first-order chi connectivity index (χ1) is 9.61. The molecule has 1 aliphatic rings. The molecule has 1 N–H and O–H groups in total. The van der Waals surface area contributed by atoms with Gasteiger partial charge in [0.25, 0.3) is 5.91 Å².